The maximum Gasteiger partial charge on any atom is 0.363 e. The van der Waals surface area contributed by atoms with Crippen LogP contribution in [0.1, 0.15) is 36.5 Å². The molecule has 0 fully saturated rings. The molecule has 0 unspecified atom stereocenters. The van der Waals surface area contributed by atoms with Gasteiger partial charge in [-0.15, -0.1) is 0 Å². The Hall–Kier alpha value is -3.72. The highest BCUT2D eigenvalue weighted by Gasteiger charge is 2.26. The van der Waals surface area contributed by atoms with Gasteiger partial charge in [-0.2, -0.15) is 0 Å². The van der Waals surface area contributed by atoms with Crippen molar-refractivity contribution < 1.29 is 28.7 Å². The van der Waals surface area contributed by atoms with Gasteiger partial charge in [-0.3, -0.25) is 14.9 Å². The van der Waals surface area contributed by atoms with Gasteiger partial charge in [0.05, 0.1) is 17.1 Å². The van der Waals surface area contributed by atoms with Crippen LogP contribution in [-0.4, -0.2) is 29.9 Å². The van der Waals surface area contributed by atoms with Crippen LogP contribution in [0.15, 0.2) is 41.0 Å². The number of rotatable bonds is 7. The minimum Gasteiger partial charge on any atom is -0.493 e. The number of nitro benzene ring substituents is 1. The van der Waals surface area contributed by atoms with E-state index in [1.54, 1.807) is 13.0 Å². The lowest BCUT2D eigenvalue weighted by Crippen LogP contribution is -2.08. The van der Waals surface area contributed by atoms with Gasteiger partial charge >= 0.3 is 11.9 Å². The molecule has 0 saturated heterocycles. The number of ether oxygens (including phenoxy) is 3. The normalized spacial score (nSPS) is 14.2. The van der Waals surface area contributed by atoms with Crippen LogP contribution in [0.4, 0.5) is 5.69 Å². The van der Waals surface area contributed by atoms with E-state index in [4.69, 9.17) is 25.8 Å². The van der Waals surface area contributed by atoms with Crippen LogP contribution in [0, 0.1) is 17.0 Å². The van der Waals surface area contributed by atoms with E-state index in [0.29, 0.717) is 23.1 Å². The van der Waals surface area contributed by atoms with Crippen molar-refractivity contribution in [1.82, 2.24) is 0 Å². The van der Waals surface area contributed by atoms with Crippen molar-refractivity contribution in [3.63, 3.8) is 0 Å². The van der Waals surface area contributed by atoms with E-state index in [2.05, 4.69) is 4.99 Å². The first kappa shape index (κ1) is 23.0. The van der Waals surface area contributed by atoms with E-state index < -0.39 is 16.9 Å². The maximum atomic E-state index is 12.3. The molecular formula is C22H19ClN2O7. The Morgan fingerprint density at radius 2 is 2.06 bits per heavy atom. The molecule has 3 rings (SSSR count). The Kier molecular flexibility index (Phi) is 6.89. The van der Waals surface area contributed by atoms with Crippen molar-refractivity contribution in [2.75, 3.05) is 7.11 Å². The fourth-order valence-electron chi connectivity index (χ4n) is 2.97. The highest BCUT2D eigenvalue weighted by atomic mass is 35.5. The molecule has 2 aromatic carbocycles. The topological polar surface area (TPSA) is 117 Å². The summed E-state index contributed by atoms with van der Waals surface area (Å²) in [6, 6.07) is 7.35. The van der Waals surface area contributed by atoms with E-state index in [-0.39, 0.29) is 40.2 Å². The van der Waals surface area contributed by atoms with E-state index >= 15 is 0 Å². The number of esters is 2. The zero-order chi connectivity index (χ0) is 23.4. The number of cyclic esters (lactones) is 1. The molecular weight excluding hydrogens is 440 g/mol. The number of nitro groups is 1. The Balaban J connectivity index is 1.92. The third-order valence-electron chi connectivity index (χ3n) is 4.49. The summed E-state index contributed by atoms with van der Waals surface area (Å²) in [5, 5.41) is 11.1. The third kappa shape index (κ3) is 4.94. The van der Waals surface area contributed by atoms with Crippen molar-refractivity contribution in [2.45, 2.75) is 26.7 Å². The second-order valence-corrected chi connectivity index (χ2v) is 7.26. The summed E-state index contributed by atoms with van der Waals surface area (Å²) in [4.78, 5) is 38.8. The van der Waals surface area contributed by atoms with Gasteiger partial charge in [0.15, 0.2) is 17.2 Å². The molecule has 166 valence electrons. The Morgan fingerprint density at radius 1 is 1.31 bits per heavy atom. The standard InChI is InChI=1S/C22H19ClN2O7/c1-4-5-19(26)31-20-15(23)9-13(11-18(20)30-3)10-16-22(27)32-21(24-16)14-6-7-17(25(28)29)12(2)8-14/h6-11H,4-5H2,1-3H3/b16-10-. The highest BCUT2D eigenvalue weighted by Crippen LogP contribution is 2.37. The molecule has 0 aliphatic carbocycles. The zero-order valence-electron chi connectivity index (χ0n) is 17.5. The highest BCUT2D eigenvalue weighted by molar-refractivity contribution is 6.32. The van der Waals surface area contributed by atoms with Crippen LogP contribution >= 0.6 is 11.6 Å². The van der Waals surface area contributed by atoms with Crippen molar-refractivity contribution in [2.24, 2.45) is 4.99 Å². The molecule has 32 heavy (non-hydrogen) atoms. The van der Waals surface area contributed by atoms with Crippen molar-refractivity contribution >= 4 is 41.2 Å². The van der Waals surface area contributed by atoms with Crippen LogP contribution < -0.4 is 9.47 Å². The molecule has 0 radical (unpaired) electrons. The van der Waals surface area contributed by atoms with Gasteiger partial charge in [-0.05, 0) is 49.2 Å². The molecule has 1 aliphatic heterocycles. The Morgan fingerprint density at radius 3 is 2.69 bits per heavy atom. The van der Waals surface area contributed by atoms with Gasteiger partial charge in [0, 0.05) is 23.6 Å². The van der Waals surface area contributed by atoms with Gasteiger partial charge < -0.3 is 14.2 Å². The van der Waals surface area contributed by atoms with Crippen molar-refractivity contribution in [1.29, 1.82) is 0 Å². The largest absolute Gasteiger partial charge is 0.493 e. The summed E-state index contributed by atoms with van der Waals surface area (Å²) in [6.07, 6.45) is 2.30. The summed E-state index contributed by atoms with van der Waals surface area (Å²) in [7, 11) is 1.40. The quantitative estimate of drug-likeness (QED) is 0.195. The van der Waals surface area contributed by atoms with E-state index in [1.165, 1.54) is 37.5 Å². The molecule has 0 spiro atoms. The Bertz CT molecular complexity index is 1170. The fourth-order valence-corrected chi connectivity index (χ4v) is 3.23. The van der Waals surface area contributed by atoms with Crippen LogP contribution in [0.25, 0.3) is 6.08 Å². The van der Waals surface area contributed by atoms with Gasteiger partial charge in [0.1, 0.15) is 0 Å². The van der Waals surface area contributed by atoms with E-state index in [1.807, 2.05) is 6.92 Å². The molecule has 0 aromatic heterocycles. The summed E-state index contributed by atoms with van der Waals surface area (Å²) >= 11 is 6.27. The predicted octanol–water partition coefficient (Wildman–Crippen LogP) is 4.62. The monoisotopic (exact) mass is 458 g/mol. The summed E-state index contributed by atoms with van der Waals surface area (Å²) in [6.45, 7) is 3.43. The lowest BCUT2D eigenvalue weighted by Gasteiger charge is -2.11. The Labute approximate surface area is 188 Å². The molecule has 9 nitrogen and oxygen atoms in total. The molecule has 1 heterocycles. The van der Waals surface area contributed by atoms with Crippen molar-refractivity contribution in [3.05, 3.63) is 67.9 Å². The maximum absolute atomic E-state index is 12.3. The number of aryl methyl sites for hydroxylation is 1. The molecule has 1 aliphatic rings. The molecule has 0 bridgehead atoms. The number of halogens is 1. The number of nitrogens with zero attached hydrogens (tertiary/aromatic N) is 2. The third-order valence-corrected chi connectivity index (χ3v) is 4.77. The van der Waals surface area contributed by atoms with Crippen LogP contribution in [-0.2, 0) is 14.3 Å². The summed E-state index contributed by atoms with van der Waals surface area (Å²) in [5.74, 6) is -0.789. The summed E-state index contributed by atoms with van der Waals surface area (Å²) < 4.78 is 15.8. The average Bonchev–Trinajstić information content (AvgIpc) is 3.09. The second kappa shape index (κ2) is 9.61. The van der Waals surface area contributed by atoms with Crippen LogP contribution in [0.5, 0.6) is 11.5 Å². The van der Waals surface area contributed by atoms with Gasteiger partial charge in [0.25, 0.3) is 5.69 Å². The van der Waals surface area contributed by atoms with Gasteiger partial charge in [-0.1, -0.05) is 18.5 Å². The van der Waals surface area contributed by atoms with E-state index in [0.717, 1.165) is 0 Å². The minimum absolute atomic E-state index is 0.00449. The lowest BCUT2D eigenvalue weighted by atomic mass is 10.1. The molecule has 0 atom stereocenters. The first-order chi connectivity index (χ1) is 15.2. The second-order valence-electron chi connectivity index (χ2n) is 6.85. The first-order valence-electron chi connectivity index (χ1n) is 9.59. The number of carbonyl (C=O) groups excluding carboxylic acids is 2. The number of hydrogen-bond donors (Lipinski definition) is 0. The molecule has 0 amide bonds. The summed E-state index contributed by atoms with van der Waals surface area (Å²) in [5.41, 5.74) is 1.27. The molecule has 0 N–H and O–H groups in total. The fraction of sp³-hybridized carbons (Fsp3) is 0.227. The number of carbonyl (C=O) groups is 2. The minimum atomic E-state index is -0.690. The molecule has 10 heteroatoms. The number of hydrogen-bond acceptors (Lipinski definition) is 8. The van der Waals surface area contributed by atoms with Crippen LogP contribution in [0.2, 0.25) is 5.02 Å². The first-order valence-corrected chi connectivity index (χ1v) is 9.97. The average molecular weight is 459 g/mol. The lowest BCUT2D eigenvalue weighted by molar-refractivity contribution is -0.385. The van der Waals surface area contributed by atoms with Gasteiger partial charge in [-0.25, -0.2) is 9.79 Å². The zero-order valence-corrected chi connectivity index (χ0v) is 18.3. The number of aliphatic imine (C=N–C) groups is 1. The molecule has 0 saturated carbocycles. The molecule has 2 aromatic rings. The number of benzene rings is 2. The SMILES string of the molecule is CCCC(=O)Oc1c(Cl)cc(/C=C2\N=C(c3ccc([N+](=O)[O-])c(C)c3)OC2=O)cc1OC. The number of methoxy groups -OCH3 is 1. The predicted molar refractivity (Wildman–Crippen MR) is 117 cm³/mol. The van der Waals surface area contributed by atoms with Gasteiger partial charge in [0.2, 0.25) is 5.90 Å². The van der Waals surface area contributed by atoms with E-state index in [9.17, 15) is 19.7 Å². The van der Waals surface area contributed by atoms with Crippen LogP contribution in [0.3, 0.4) is 0 Å². The smallest absolute Gasteiger partial charge is 0.363 e. The van der Waals surface area contributed by atoms with Crippen molar-refractivity contribution in [3.8, 4) is 11.5 Å².